The van der Waals surface area contributed by atoms with Crippen molar-refractivity contribution in [2.75, 3.05) is 19.8 Å². The molecular formula is C20H23ClF2N2O2. The molecule has 0 bridgehead atoms. The Morgan fingerprint density at radius 3 is 2.67 bits per heavy atom. The summed E-state index contributed by atoms with van der Waals surface area (Å²) in [7, 11) is 0. The first kappa shape index (κ1) is 19.9. The number of benzene rings is 2. The van der Waals surface area contributed by atoms with Gasteiger partial charge in [0.05, 0.1) is 12.2 Å². The second-order valence-corrected chi connectivity index (χ2v) is 6.93. The molecule has 0 saturated heterocycles. The molecule has 1 aliphatic rings. The molecule has 0 amide bonds. The summed E-state index contributed by atoms with van der Waals surface area (Å²) in [5.41, 5.74) is 6.63. The van der Waals surface area contributed by atoms with Gasteiger partial charge in [0.2, 0.25) is 0 Å². The van der Waals surface area contributed by atoms with Crippen LogP contribution in [0.1, 0.15) is 25.3 Å². The van der Waals surface area contributed by atoms with Crippen molar-refractivity contribution in [3.63, 3.8) is 0 Å². The van der Waals surface area contributed by atoms with Crippen molar-refractivity contribution in [2.24, 2.45) is 5.73 Å². The van der Waals surface area contributed by atoms with Crippen LogP contribution in [0.3, 0.4) is 0 Å². The molecule has 1 heterocycles. The largest absolute Gasteiger partial charge is 0.490 e. The summed E-state index contributed by atoms with van der Waals surface area (Å²) in [4.78, 5) is 0. The van der Waals surface area contributed by atoms with Crippen molar-refractivity contribution in [1.82, 2.24) is 5.32 Å². The maximum atomic E-state index is 14.4. The van der Waals surface area contributed by atoms with Crippen molar-refractivity contribution in [3.8, 4) is 22.6 Å². The van der Waals surface area contributed by atoms with Crippen molar-refractivity contribution in [2.45, 2.75) is 32.3 Å². The Morgan fingerprint density at radius 1 is 1.26 bits per heavy atom. The molecule has 3 N–H and O–H groups in total. The molecule has 0 fully saturated rings. The minimum absolute atomic E-state index is 0.0215. The Labute approximate surface area is 162 Å². The first-order valence-electron chi connectivity index (χ1n) is 9.05. The zero-order chi connectivity index (χ0) is 19.4. The van der Waals surface area contributed by atoms with Gasteiger partial charge >= 0.3 is 0 Å². The first-order chi connectivity index (χ1) is 13.0. The van der Waals surface area contributed by atoms with E-state index in [4.69, 9.17) is 26.8 Å². The number of ether oxygens (including phenoxy) is 2. The summed E-state index contributed by atoms with van der Waals surface area (Å²) in [6, 6.07) is 5.61. The van der Waals surface area contributed by atoms with Gasteiger partial charge in [-0.1, -0.05) is 18.5 Å². The van der Waals surface area contributed by atoms with E-state index in [2.05, 4.69) is 5.32 Å². The van der Waals surface area contributed by atoms with Gasteiger partial charge in [-0.25, -0.2) is 8.78 Å². The van der Waals surface area contributed by atoms with Crippen molar-refractivity contribution < 1.29 is 18.3 Å². The van der Waals surface area contributed by atoms with Gasteiger partial charge in [-0.15, -0.1) is 0 Å². The Bertz CT molecular complexity index is 794. The first-order valence-corrected chi connectivity index (χ1v) is 9.43. The van der Waals surface area contributed by atoms with E-state index < -0.39 is 11.6 Å². The Balaban J connectivity index is 1.96. The van der Waals surface area contributed by atoms with Crippen LogP contribution in [-0.2, 0) is 6.42 Å². The quantitative estimate of drug-likeness (QED) is 0.516. The lowest BCUT2D eigenvalue weighted by Gasteiger charge is -2.15. The van der Waals surface area contributed by atoms with Crippen LogP contribution in [0.5, 0.6) is 11.5 Å². The van der Waals surface area contributed by atoms with Crippen LogP contribution in [0.4, 0.5) is 8.78 Å². The molecule has 0 saturated carbocycles. The van der Waals surface area contributed by atoms with Crippen molar-refractivity contribution in [1.29, 1.82) is 0 Å². The fourth-order valence-corrected chi connectivity index (χ4v) is 3.40. The monoisotopic (exact) mass is 396 g/mol. The summed E-state index contributed by atoms with van der Waals surface area (Å²) in [5, 5.41) is 3.08. The van der Waals surface area contributed by atoms with Gasteiger partial charge in [0.1, 0.15) is 17.7 Å². The molecule has 2 aromatic rings. The minimum atomic E-state index is -0.705. The topological polar surface area (TPSA) is 56.5 Å². The Morgan fingerprint density at radius 2 is 2.00 bits per heavy atom. The summed E-state index contributed by atoms with van der Waals surface area (Å²) in [6.07, 6.45) is 2.21. The summed E-state index contributed by atoms with van der Waals surface area (Å²) < 4.78 is 40.6. The van der Waals surface area contributed by atoms with Crippen molar-refractivity contribution in [3.05, 3.63) is 46.5 Å². The SMILES string of the molecule is CCCOc1cc(-c2c(F)cc(Cl)cc2F)cc2c1O[C@@H](CCNCN)C2. The number of hydrogen-bond acceptors (Lipinski definition) is 4. The molecule has 146 valence electrons. The Hall–Kier alpha value is -1.89. The van der Waals surface area contributed by atoms with E-state index >= 15 is 0 Å². The zero-order valence-corrected chi connectivity index (χ0v) is 15.9. The zero-order valence-electron chi connectivity index (χ0n) is 15.2. The highest BCUT2D eigenvalue weighted by Gasteiger charge is 2.28. The molecular weight excluding hydrogens is 374 g/mol. The standard InChI is InChI=1S/C20H23ClF2N2O2/c1-2-5-26-18-8-12(19-16(22)9-14(21)10-17(19)23)6-13-7-15(27-20(13)18)3-4-25-11-24/h6,8-10,15,25H,2-5,7,11,24H2,1H3/t15-/m0/s1. The average molecular weight is 397 g/mol. The van der Waals surface area contributed by atoms with Gasteiger partial charge in [-0.3, -0.25) is 0 Å². The van der Waals surface area contributed by atoms with Gasteiger partial charge in [-0.2, -0.15) is 0 Å². The maximum Gasteiger partial charge on any atom is 0.164 e. The lowest BCUT2D eigenvalue weighted by Crippen LogP contribution is -2.27. The number of halogens is 3. The van der Waals surface area contributed by atoms with Crippen LogP contribution in [0, 0.1) is 11.6 Å². The number of nitrogens with one attached hydrogen (secondary N) is 1. The molecule has 0 aliphatic carbocycles. The predicted molar refractivity (Wildman–Crippen MR) is 102 cm³/mol. The van der Waals surface area contributed by atoms with Gasteiger partial charge in [0.15, 0.2) is 11.5 Å². The minimum Gasteiger partial charge on any atom is -0.490 e. The average Bonchev–Trinajstić information content (AvgIpc) is 3.02. The second kappa shape index (κ2) is 8.87. The highest BCUT2D eigenvalue weighted by Crippen LogP contribution is 2.43. The van der Waals surface area contributed by atoms with Crippen molar-refractivity contribution >= 4 is 11.6 Å². The highest BCUT2D eigenvalue weighted by molar-refractivity contribution is 6.30. The summed E-state index contributed by atoms with van der Waals surface area (Å²) in [6.45, 7) is 3.62. The molecule has 4 nitrogen and oxygen atoms in total. The van der Waals surface area contributed by atoms with E-state index in [0.29, 0.717) is 36.8 Å². The number of nitrogens with two attached hydrogens (primary N) is 1. The third-order valence-corrected chi connectivity index (χ3v) is 4.63. The van der Waals surface area contributed by atoms with Gasteiger partial charge in [0, 0.05) is 23.7 Å². The molecule has 1 atom stereocenters. The van der Waals surface area contributed by atoms with E-state index in [1.165, 1.54) is 0 Å². The highest BCUT2D eigenvalue weighted by atomic mass is 35.5. The van der Waals surface area contributed by atoms with Crippen LogP contribution in [0.25, 0.3) is 11.1 Å². The van der Waals surface area contributed by atoms with Gasteiger partial charge in [-0.05, 0) is 49.2 Å². The molecule has 1 aliphatic heterocycles. The van der Waals surface area contributed by atoms with E-state index in [1.807, 2.05) is 6.92 Å². The molecule has 0 aromatic heterocycles. The predicted octanol–water partition coefficient (Wildman–Crippen LogP) is 4.27. The third-order valence-electron chi connectivity index (χ3n) is 4.41. The molecule has 3 rings (SSSR count). The molecule has 0 spiro atoms. The van der Waals surface area contributed by atoms with E-state index in [9.17, 15) is 8.78 Å². The molecule has 27 heavy (non-hydrogen) atoms. The third kappa shape index (κ3) is 4.51. The lowest BCUT2D eigenvalue weighted by molar-refractivity contribution is 0.207. The maximum absolute atomic E-state index is 14.4. The van der Waals surface area contributed by atoms with E-state index in [1.54, 1.807) is 12.1 Å². The van der Waals surface area contributed by atoms with Crippen LogP contribution < -0.4 is 20.5 Å². The number of fused-ring (bicyclic) bond motifs is 1. The Kier molecular flexibility index (Phi) is 6.52. The summed E-state index contributed by atoms with van der Waals surface area (Å²) in [5.74, 6) is -0.250. The van der Waals surface area contributed by atoms with Crippen LogP contribution in [0.2, 0.25) is 5.02 Å². The molecule has 2 aromatic carbocycles. The molecule has 0 unspecified atom stereocenters. The second-order valence-electron chi connectivity index (χ2n) is 6.49. The van der Waals surface area contributed by atoms with Gasteiger partial charge in [0.25, 0.3) is 0 Å². The lowest BCUT2D eigenvalue weighted by atomic mass is 9.99. The number of hydrogen-bond donors (Lipinski definition) is 2. The molecule has 0 radical (unpaired) electrons. The normalized spacial score (nSPS) is 15.5. The smallest absolute Gasteiger partial charge is 0.164 e. The van der Waals surface area contributed by atoms with Crippen LogP contribution in [-0.4, -0.2) is 25.9 Å². The van der Waals surface area contributed by atoms with E-state index in [-0.39, 0.29) is 16.7 Å². The van der Waals surface area contributed by atoms with Crippen LogP contribution >= 0.6 is 11.6 Å². The fraction of sp³-hybridized carbons (Fsp3) is 0.400. The van der Waals surface area contributed by atoms with E-state index in [0.717, 1.165) is 37.1 Å². The number of rotatable bonds is 8. The van der Waals surface area contributed by atoms with Crippen LogP contribution in [0.15, 0.2) is 24.3 Å². The van der Waals surface area contributed by atoms with Gasteiger partial charge < -0.3 is 20.5 Å². The summed E-state index contributed by atoms with van der Waals surface area (Å²) >= 11 is 5.74. The molecule has 7 heteroatoms. The fourth-order valence-electron chi connectivity index (χ4n) is 3.21.